The summed E-state index contributed by atoms with van der Waals surface area (Å²) < 4.78 is 0. The molecular weight excluding hydrogens is 284 g/mol. The molecule has 5 heteroatoms. The van der Waals surface area contributed by atoms with Crippen LogP contribution in [0.5, 0.6) is 0 Å². The second-order valence-corrected chi connectivity index (χ2v) is 6.96. The van der Waals surface area contributed by atoms with Gasteiger partial charge in [0.2, 0.25) is 5.91 Å². The number of carbonyl (C=O) groups is 2. The van der Waals surface area contributed by atoms with Crippen LogP contribution in [0.1, 0.15) is 37.5 Å². The Morgan fingerprint density at radius 1 is 1.05 bits per heavy atom. The highest BCUT2D eigenvalue weighted by atomic mass is 32.2. The van der Waals surface area contributed by atoms with Crippen LogP contribution in [-0.2, 0) is 4.79 Å². The summed E-state index contributed by atoms with van der Waals surface area (Å²) >= 11 is 1.48. The van der Waals surface area contributed by atoms with Crippen molar-refractivity contribution < 1.29 is 9.59 Å². The number of nitrogens with one attached hydrogen (secondary N) is 2. The highest BCUT2D eigenvalue weighted by Crippen LogP contribution is 2.30. The Balaban J connectivity index is 2.71. The molecule has 1 atom stereocenters. The molecule has 0 spiro atoms. The van der Waals surface area contributed by atoms with Gasteiger partial charge in [0.15, 0.2) is 0 Å². The maximum absolute atomic E-state index is 12.0. The Morgan fingerprint density at radius 3 is 2.05 bits per heavy atom. The summed E-state index contributed by atoms with van der Waals surface area (Å²) in [7, 11) is 0. The fourth-order valence-corrected chi connectivity index (χ4v) is 3.10. The summed E-state index contributed by atoms with van der Waals surface area (Å²) in [5, 5.41) is 4.68. The molecule has 1 aromatic rings. The number of hydrogen-bond acceptors (Lipinski definition) is 3. The summed E-state index contributed by atoms with van der Waals surface area (Å²) in [5.74, 6) is -0.280. The zero-order chi connectivity index (χ0) is 16.2. The molecule has 0 heterocycles. The summed E-state index contributed by atoms with van der Waals surface area (Å²) in [4.78, 5) is 24.7. The topological polar surface area (TPSA) is 58.2 Å². The fraction of sp³-hybridized carbons (Fsp3) is 0.500. The maximum atomic E-state index is 12.0. The quantitative estimate of drug-likeness (QED) is 0.839. The number of benzene rings is 1. The second kappa shape index (κ2) is 7.50. The number of rotatable bonds is 4. The Labute approximate surface area is 131 Å². The van der Waals surface area contributed by atoms with Gasteiger partial charge in [-0.25, -0.2) is 4.79 Å². The summed E-state index contributed by atoms with van der Waals surface area (Å²) in [5.41, 5.74) is 3.52. The molecule has 0 bridgehead atoms. The molecular formula is C16H24N2O2S. The molecule has 0 fully saturated rings. The van der Waals surface area contributed by atoms with E-state index >= 15 is 0 Å². The van der Waals surface area contributed by atoms with Gasteiger partial charge in [0.1, 0.15) is 0 Å². The lowest BCUT2D eigenvalue weighted by Gasteiger charge is -2.16. The van der Waals surface area contributed by atoms with Crippen molar-refractivity contribution in [3.05, 3.63) is 28.8 Å². The minimum atomic E-state index is -0.445. The molecule has 0 saturated carbocycles. The Kier molecular flexibility index (Phi) is 6.27. The first kappa shape index (κ1) is 17.6. The predicted molar refractivity (Wildman–Crippen MR) is 87.8 cm³/mol. The van der Waals surface area contributed by atoms with Gasteiger partial charge in [-0.2, -0.15) is 0 Å². The van der Waals surface area contributed by atoms with E-state index in [1.165, 1.54) is 17.3 Å². The van der Waals surface area contributed by atoms with E-state index in [0.717, 1.165) is 16.0 Å². The average molecular weight is 308 g/mol. The molecule has 1 rings (SSSR count). The van der Waals surface area contributed by atoms with Crippen molar-refractivity contribution >= 4 is 23.7 Å². The van der Waals surface area contributed by atoms with Crippen LogP contribution in [0, 0.1) is 20.8 Å². The maximum Gasteiger partial charge on any atom is 0.321 e. The van der Waals surface area contributed by atoms with Crippen molar-refractivity contribution in [2.75, 3.05) is 0 Å². The highest BCUT2D eigenvalue weighted by molar-refractivity contribution is 8.00. The average Bonchev–Trinajstić information content (AvgIpc) is 2.31. The van der Waals surface area contributed by atoms with Gasteiger partial charge in [0.25, 0.3) is 0 Å². The standard InChI is InChI=1S/C16H24N2O2S/c1-9(2)17-16(20)18-15(19)13(6)21-14-11(4)7-10(3)8-12(14)5/h7-9,13H,1-6H3,(H2,17,18,19,20)/t13-/m0/s1. The summed E-state index contributed by atoms with van der Waals surface area (Å²) in [6.07, 6.45) is 0. The van der Waals surface area contributed by atoms with Crippen LogP contribution >= 0.6 is 11.8 Å². The van der Waals surface area contributed by atoms with E-state index in [-0.39, 0.29) is 17.2 Å². The third-order valence-electron chi connectivity index (χ3n) is 2.93. The Bertz CT molecular complexity index is 518. The van der Waals surface area contributed by atoms with Gasteiger partial charge in [0, 0.05) is 10.9 Å². The van der Waals surface area contributed by atoms with Crippen LogP contribution in [0.25, 0.3) is 0 Å². The van der Waals surface area contributed by atoms with Crippen molar-refractivity contribution in [1.29, 1.82) is 0 Å². The number of carbonyl (C=O) groups excluding carboxylic acids is 2. The molecule has 0 unspecified atom stereocenters. The Morgan fingerprint density at radius 2 is 1.57 bits per heavy atom. The smallest absolute Gasteiger partial charge is 0.321 e. The number of imide groups is 1. The first-order chi connectivity index (χ1) is 9.70. The second-order valence-electron chi connectivity index (χ2n) is 5.61. The van der Waals surface area contributed by atoms with E-state index in [0.29, 0.717) is 0 Å². The Hall–Kier alpha value is -1.49. The third-order valence-corrected chi connectivity index (χ3v) is 4.37. The molecule has 3 amide bonds. The largest absolute Gasteiger partial charge is 0.336 e. The zero-order valence-corrected chi connectivity index (χ0v) is 14.4. The molecule has 0 saturated heterocycles. The molecule has 2 N–H and O–H groups in total. The first-order valence-corrected chi connectivity index (χ1v) is 7.94. The number of aryl methyl sites for hydroxylation is 3. The van der Waals surface area contributed by atoms with Crippen molar-refractivity contribution in [2.45, 2.75) is 57.7 Å². The van der Waals surface area contributed by atoms with E-state index in [4.69, 9.17) is 0 Å². The number of amides is 3. The van der Waals surface area contributed by atoms with Gasteiger partial charge in [-0.3, -0.25) is 10.1 Å². The van der Waals surface area contributed by atoms with Crippen LogP contribution < -0.4 is 10.6 Å². The fourth-order valence-electron chi connectivity index (χ4n) is 2.09. The number of urea groups is 1. The van der Waals surface area contributed by atoms with Gasteiger partial charge in [0.05, 0.1) is 5.25 Å². The lowest BCUT2D eigenvalue weighted by atomic mass is 10.1. The van der Waals surface area contributed by atoms with Gasteiger partial charge in [-0.1, -0.05) is 17.7 Å². The van der Waals surface area contributed by atoms with Crippen LogP contribution in [0.15, 0.2) is 17.0 Å². The monoisotopic (exact) mass is 308 g/mol. The van der Waals surface area contributed by atoms with Gasteiger partial charge in [-0.15, -0.1) is 11.8 Å². The summed E-state index contributed by atoms with van der Waals surface area (Å²) in [6, 6.07) is 3.76. The molecule has 21 heavy (non-hydrogen) atoms. The first-order valence-electron chi connectivity index (χ1n) is 7.06. The van der Waals surface area contributed by atoms with Crippen molar-refractivity contribution in [1.82, 2.24) is 10.6 Å². The lowest BCUT2D eigenvalue weighted by Crippen LogP contribution is -2.45. The molecule has 0 radical (unpaired) electrons. The van der Waals surface area contributed by atoms with E-state index < -0.39 is 6.03 Å². The van der Waals surface area contributed by atoms with Gasteiger partial charge < -0.3 is 5.32 Å². The van der Waals surface area contributed by atoms with E-state index in [2.05, 4.69) is 29.7 Å². The number of thioether (sulfide) groups is 1. The SMILES string of the molecule is Cc1cc(C)c(S[C@@H](C)C(=O)NC(=O)NC(C)C)c(C)c1. The number of hydrogen-bond donors (Lipinski definition) is 2. The van der Waals surface area contributed by atoms with E-state index in [1.807, 2.05) is 27.7 Å². The van der Waals surface area contributed by atoms with Crippen LogP contribution in [0.2, 0.25) is 0 Å². The van der Waals surface area contributed by atoms with Crippen LogP contribution in [-0.4, -0.2) is 23.2 Å². The van der Waals surface area contributed by atoms with Gasteiger partial charge in [-0.05, 0) is 52.7 Å². The molecule has 4 nitrogen and oxygen atoms in total. The minimum Gasteiger partial charge on any atom is -0.336 e. The van der Waals surface area contributed by atoms with Crippen molar-refractivity contribution in [3.8, 4) is 0 Å². The van der Waals surface area contributed by atoms with Crippen molar-refractivity contribution in [3.63, 3.8) is 0 Å². The summed E-state index contributed by atoms with van der Waals surface area (Å²) in [6.45, 7) is 11.6. The molecule has 1 aromatic carbocycles. The molecule has 116 valence electrons. The van der Waals surface area contributed by atoms with E-state index in [9.17, 15) is 9.59 Å². The van der Waals surface area contributed by atoms with E-state index in [1.54, 1.807) is 6.92 Å². The lowest BCUT2D eigenvalue weighted by molar-refractivity contribution is -0.119. The molecule has 0 aliphatic rings. The van der Waals surface area contributed by atoms with Crippen LogP contribution in [0.3, 0.4) is 0 Å². The predicted octanol–water partition coefficient (Wildman–Crippen LogP) is 3.33. The normalized spacial score (nSPS) is 12.1. The van der Waals surface area contributed by atoms with Gasteiger partial charge >= 0.3 is 6.03 Å². The highest BCUT2D eigenvalue weighted by Gasteiger charge is 2.19. The molecule has 0 aliphatic heterocycles. The molecule has 0 aliphatic carbocycles. The van der Waals surface area contributed by atoms with Crippen LogP contribution in [0.4, 0.5) is 4.79 Å². The third kappa shape index (κ3) is 5.42. The molecule has 0 aromatic heterocycles. The zero-order valence-electron chi connectivity index (χ0n) is 13.5. The van der Waals surface area contributed by atoms with Crippen molar-refractivity contribution in [2.24, 2.45) is 0 Å². The minimum absolute atomic E-state index is 0.00217.